The zero-order valence-corrected chi connectivity index (χ0v) is 12.8. The molecule has 22 heavy (non-hydrogen) atoms. The summed E-state index contributed by atoms with van der Waals surface area (Å²) in [5.41, 5.74) is -1.26. The van der Waals surface area contributed by atoms with E-state index in [0.29, 0.717) is 13.1 Å². The first-order valence-electron chi connectivity index (χ1n) is 6.44. The van der Waals surface area contributed by atoms with Crippen molar-refractivity contribution in [3.05, 3.63) is 44.5 Å². The highest BCUT2D eigenvalue weighted by molar-refractivity contribution is 6.30. The minimum absolute atomic E-state index is 0.108. The normalized spacial score (nSPS) is 11.4. The van der Waals surface area contributed by atoms with Crippen molar-refractivity contribution < 1.29 is 14.8 Å². The van der Waals surface area contributed by atoms with Gasteiger partial charge < -0.3 is 10.0 Å². The molecule has 8 heteroatoms. The van der Waals surface area contributed by atoms with E-state index in [-0.39, 0.29) is 10.6 Å². The third kappa shape index (κ3) is 3.54. The number of nitriles is 1. The molecule has 0 bridgehead atoms. The van der Waals surface area contributed by atoms with Crippen molar-refractivity contribution in [2.45, 2.75) is 13.8 Å². The lowest BCUT2D eigenvalue weighted by atomic mass is 10.1. The maximum Gasteiger partial charge on any atom is 0.281 e. The Morgan fingerprint density at radius 1 is 1.45 bits per heavy atom. The van der Waals surface area contributed by atoms with Gasteiger partial charge in [0, 0.05) is 24.2 Å². The smallest absolute Gasteiger partial charge is 0.281 e. The van der Waals surface area contributed by atoms with Gasteiger partial charge in [0.05, 0.1) is 10.5 Å². The number of aliphatic hydroxyl groups excluding tert-OH is 1. The Morgan fingerprint density at radius 3 is 2.50 bits per heavy atom. The second kappa shape index (κ2) is 7.43. The molecule has 116 valence electrons. The Bertz CT molecular complexity index is 675. The molecule has 0 heterocycles. The summed E-state index contributed by atoms with van der Waals surface area (Å²) >= 11 is 5.69. The summed E-state index contributed by atoms with van der Waals surface area (Å²) in [4.78, 5) is 23.8. The molecule has 0 atom stereocenters. The average Bonchev–Trinajstić information content (AvgIpc) is 2.48. The van der Waals surface area contributed by atoms with E-state index in [9.17, 15) is 20.0 Å². The molecular formula is C14H14ClN3O4. The van der Waals surface area contributed by atoms with E-state index in [1.165, 1.54) is 17.0 Å². The molecule has 0 aliphatic heterocycles. The Morgan fingerprint density at radius 2 is 2.05 bits per heavy atom. The molecule has 0 radical (unpaired) electrons. The van der Waals surface area contributed by atoms with Crippen LogP contribution in [0.15, 0.2) is 23.8 Å². The van der Waals surface area contributed by atoms with Crippen molar-refractivity contribution >= 4 is 29.0 Å². The van der Waals surface area contributed by atoms with E-state index < -0.39 is 27.9 Å². The number of nitro benzene ring substituents is 1. The van der Waals surface area contributed by atoms with Gasteiger partial charge in [0.2, 0.25) is 0 Å². The van der Waals surface area contributed by atoms with E-state index in [1.54, 1.807) is 19.9 Å². The number of amides is 1. The van der Waals surface area contributed by atoms with Crippen LogP contribution in [0.5, 0.6) is 0 Å². The molecule has 1 N–H and O–H groups in total. The predicted molar refractivity (Wildman–Crippen MR) is 81.2 cm³/mol. The van der Waals surface area contributed by atoms with Gasteiger partial charge >= 0.3 is 0 Å². The monoisotopic (exact) mass is 323 g/mol. The number of hydrogen-bond acceptors (Lipinski definition) is 5. The van der Waals surface area contributed by atoms with E-state index in [1.807, 2.05) is 0 Å². The SMILES string of the molecule is CCN(CC)C(=O)/C(C#N)=C(\O)c1ccc(Cl)cc1[N+](=O)[O-]. The number of nitro groups is 1. The molecule has 0 spiro atoms. The molecule has 0 aromatic heterocycles. The van der Waals surface area contributed by atoms with Crippen LogP contribution in [0.3, 0.4) is 0 Å². The van der Waals surface area contributed by atoms with Crippen molar-refractivity contribution in [1.82, 2.24) is 4.90 Å². The van der Waals surface area contributed by atoms with Crippen LogP contribution in [0, 0.1) is 21.4 Å². The highest BCUT2D eigenvalue weighted by atomic mass is 35.5. The summed E-state index contributed by atoms with van der Waals surface area (Å²) in [6.07, 6.45) is 0. The third-order valence-electron chi connectivity index (χ3n) is 3.02. The average molecular weight is 324 g/mol. The molecule has 0 aliphatic carbocycles. The zero-order valence-electron chi connectivity index (χ0n) is 12.0. The highest BCUT2D eigenvalue weighted by Gasteiger charge is 2.25. The molecule has 1 rings (SSSR count). The van der Waals surface area contributed by atoms with Crippen LogP contribution in [-0.2, 0) is 4.79 Å². The Hall–Kier alpha value is -2.59. The lowest BCUT2D eigenvalue weighted by Crippen LogP contribution is -2.31. The summed E-state index contributed by atoms with van der Waals surface area (Å²) in [6, 6.07) is 5.19. The standard InChI is InChI=1S/C14H14ClN3O4/c1-3-17(4-2)14(20)11(8-16)13(19)10-6-5-9(15)7-12(10)18(21)22/h5-7,19H,3-4H2,1-2H3/b13-11-. The van der Waals surface area contributed by atoms with Crippen molar-refractivity contribution in [3.63, 3.8) is 0 Å². The maximum absolute atomic E-state index is 12.2. The number of nitrogens with zero attached hydrogens (tertiary/aromatic N) is 3. The number of carbonyl (C=O) groups excluding carboxylic acids is 1. The van der Waals surface area contributed by atoms with E-state index in [4.69, 9.17) is 16.9 Å². The Kier molecular flexibility index (Phi) is 5.90. The van der Waals surface area contributed by atoms with Gasteiger partial charge in [0.1, 0.15) is 6.07 Å². The number of hydrogen-bond donors (Lipinski definition) is 1. The van der Waals surface area contributed by atoms with E-state index in [0.717, 1.165) is 6.07 Å². The summed E-state index contributed by atoms with van der Waals surface area (Å²) < 4.78 is 0. The summed E-state index contributed by atoms with van der Waals surface area (Å²) in [7, 11) is 0. The highest BCUT2D eigenvalue weighted by Crippen LogP contribution is 2.29. The van der Waals surface area contributed by atoms with E-state index >= 15 is 0 Å². The quantitative estimate of drug-likeness (QED) is 0.295. The lowest BCUT2D eigenvalue weighted by Gasteiger charge is -2.18. The minimum atomic E-state index is -0.742. The molecule has 0 fully saturated rings. The van der Waals surface area contributed by atoms with Gasteiger partial charge in [0.15, 0.2) is 11.3 Å². The number of rotatable bonds is 5. The number of halogens is 1. The van der Waals surface area contributed by atoms with Gasteiger partial charge in [-0.2, -0.15) is 5.26 Å². The topological polar surface area (TPSA) is 107 Å². The molecule has 0 saturated carbocycles. The molecule has 0 unspecified atom stereocenters. The van der Waals surface area contributed by atoms with Gasteiger partial charge in [0.25, 0.3) is 11.6 Å². The number of benzene rings is 1. The fourth-order valence-electron chi connectivity index (χ4n) is 1.86. The van der Waals surface area contributed by atoms with Gasteiger partial charge in [-0.25, -0.2) is 0 Å². The minimum Gasteiger partial charge on any atom is -0.505 e. The third-order valence-corrected chi connectivity index (χ3v) is 3.26. The van der Waals surface area contributed by atoms with Gasteiger partial charge in [-0.1, -0.05) is 11.6 Å². The molecular weight excluding hydrogens is 310 g/mol. The van der Waals surface area contributed by atoms with Crippen LogP contribution in [0.4, 0.5) is 5.69 Å². The van der Waals surface area contributed by atoms with Crippen LogP contribution in [0.25, 0.3) is 5.76 Å². The molecule has 1 aromatic rings. The van der Waals surface area contributed by atoms with Crippen molar-refractivity contribution in [2.24, 2.45) is 0 Å². The van der Waals surface area contributed by atoms with Crippen LogP contribution >= 0.6 is 11.6 Å². The number of aliphatic hydroxyl groups is 1. The number of likely N-dealkylation sites (N-methyl/N-ethyl adjacent to an activating group) is 1. The Labute approximate surface area is 132 Å². The van der Waals surface area contributed by atoms with Crippen molar-refractivity contribution in [1.29, 1.82) is 5.26 Å². The zero-order chi connectivity index (χ0) is 16.9. The molecule has 1 amide bonds. The van der Waals surface area contributed by atoms with Crippen LogP contribution in [-0.4, -0.2) is 33.9 Å². The second-order valence-corrected chi connectivity index (χ2v) is 4.67. The molecule has 0 aliphatic rings. The Balaban J connectivity index is 3.49. The fraction of sp³-hybridized carbons (Fsp3) is 0.286. The summed E-state index contributed by atoms with van der Waals surface area (Å²) in [5, 5.41) is 30.5. The fourth-order valence-corrected chi connectivity index (χ4v) is 2.03. The first-order valence-corrected chi connectivity index (χ1v) is 6.82. The predicted octanol–water partition coefficient (Wildman–Crippen LogP) is 2.91. The van der Waals surface area contributed by atoms with Crippen molar-refractivity contribution in [3.8, 4) is 6.07 Å². The molecule has 0 saturated heterocycles. The molecule has 1 aromatic carbocycles. The summed E-state index contributed by atoms with van der Waals surface area (Å²) in [5.74, 6) is -1.42. The number of carbonyl (C=O) groups is 1. The van der Waals surface area contributed by atoms with Crippen LogP contribution in [0.1, 0.15) is 19.4 Å². The first-order chi connectivity index (χ1) is 10.4. The van der Waals surface area contributed by atoms with Gasteiger partial charge in [-0.05, 0) is 26.0 Å². The van der Waals surface area contributed by atoms with Crippen LogP contribution < -0.4 is 0 Å². The lowest BCUT2D eigenvalue weighted by molar-refractivity contribution is -0.385. The second-order valence-electron chi connectivity index (χ2n) is 4.23. The molecule has 7 nitrogen and oxygen atoms in total. The van der Waals surface area contributed by atoms with E-state index in [2.05, 4.69) is 0 Å². The van der Waals surface area contributed by atoms with Crippen LogP contribution in [0.2, 0.25) is 5.02 Å². The van der Waals surface area contributed by atoms with Gasteiger partial charge in [-0.3, -0.25) is 14.9 Å². The summed E-state index contributed by atoms with van der Waals surface area (Å²) in [6.45, 7) is 4.13. The van der Waals surface area contributed by atoms with Gasteiger partial charge in [-0.15, -0.1) is 0 Å². The first kappa shape index (κ1) is 17.5. The maximum atomic E-state index is 12.2. The largest absolute Gasteiger partial charge is 0.505 e. The van der Waals surface area contributed by atoms with Crippen molar-refractivity contribution in [2.75, 3.05) is 13.1 Å².